The molecule has 21 heavy (non-hydrogen) atoms. The molecular formula is C14H19F3N2O2. The number of aromatic nitrogens is 1. The summed E-state index contributed by atoms with van der Waals surface area (Å²) < 4.78 is 39.6. The van der Waals surface area contributed by atoms with Crippen LogP contribution >= 0.6 is 0 Å². The highest BCUT2D eigenvalue weighted by Gasteiger charge is 2.35. The molecule has 0 aliphatic heterocycles. The Balaban J connectivity index is 3.26. The van der Waals surface area contributed by atoms with Crippen molar-refractivity contribution in [3.05, 3.63) is 33.7 Å². The molecule has 0 saturated heterocycles. The van der Waals surface area contributed by atoms with Crippen molar-refractivity contribution in [2.24, 2.45) is 0 Å². The zero-order chi connectivity index (χ0) is 16.2. The molecule has 118 valence electrons. The molecule has 4 nitrogen and oxygen atoms in total. The summed E-state index contributed by atoms with van der Waals surface area (Å²) in [4.78, 5) is 25.6. The number of halogens is 3. The molecule has 0 aromatic carbocycles. The summed E-state index contributed by atoms with van der Waals surface area (Å²) in [5.41, 5.74) is -2.07. The van der Waals surface area contributed by atoms with Crippen LogP contribution in [0.4, 0.5) is 13.2 Å². The number of alkyl halides is 3. The molecule has 0 aliphatic carbocycles. The summed E-state index contributed by atoms with van der Waals surface area (Å²) in [6.45, 7) is 2.04. The van der Waals surface area contributed by atoms with Gasteiger partial charge in [0.2, 0.25) is 0 Å². The summed E-state index contributed by atoms with van der Waals surface area (Å²) in [7, 11) is 3.59. The van der Waals surface area contributed by atoms with Gasteiger partial charge in [0, 0.05) is 13.0 Å². The summed E-state index contributed by atoms with van der Waals surface area (Å²) in [5, 5.41) is 0. The second-order valence-corrected chi connectivity index (χ2v) is 5.02. The summed E-state index contributed by atoms with van der Waals surface area (Å²) in [5.74, 6) is -0.449. The molecular weight excluding hydrogens is 285 g/mol. The van der Waals surface area contributed by atoms with Gasteiger partial charge in [0.15, 0.2) is 5.78 Å². The average Bonchev–Trinajstić information content (AvgIpc) is 2.37. The molecule has 0 N–H and O–H groups in total. The van der Waals surface area contributed by atoms with Gasteiger partial charge in [0.25, 0.3) is 5.56 Å². The van der Waals surface area contributed by atoms with Gasteiger partial charge in [-0.3, -0.25) is 9.59 Å². The van der Waals surface area contributed by atoms with Crippen LogP contribution in [-0.2, 0) is 12.7 Å². The third kappa shape index (κ3) is 4.42. The van der Waals surface area contributed by atoms with Gasteiger partial charge < -0.3 is 9.47 Å². The van der Waals surface area contributed by atoms with Gasteiger partial charge in [-0.15, -0.1) is 0 Å². The standard InChI is InChI=1S/C14H19F3N2O2/c1-4-11(20)10-6-7-12(14(15,16)17)19(13(10)21)9-5-8-18(2)3/h6-7H,4-5,8-9H2,1-3H3. The zero-order valence-electron chi connectivity index (χ0n) is 12.3. The number of hydrogen-bond acceptors (Lipinski definition) is 3. The summed E-state index contributed by atoms with van der Waals surface area (Å²) >= 11 is 0. The van der Waals surface area contributed by atoms with Gasteiger partial charge in [-0.25, -0.2) is 0 Å². The Morgan fingerprint density at radius 3 is 2.38 bits per heavy atom. The lowest BCUT2D eigenvalue weighted by molar-refractivity contribution is -0.144. The Bertz CT molecular complexity index is 562. The van der Waals surface area contributed by atoms with Crippen molar-refractivity contribution in [1.29, 1.82) is 0 Å². The van der Waals surface area contributed by atoms with Gasteiger partial charge >= 0.3 is 6.18 Å². The number of carbonyl (C=O) groups is 1. The molecule has 1 rings (SSSR count). The highest BCUT2D eigenvalue weighted by molar-refractivity contribution is 5.95. The van der Waals surface area contributed by atoms with Crippen LogP contribution in [0.3, 0.4) is 0 Å². The smallest absolute Gasteiger partial charge is 0.309 e. The molecule has 1 heterocycles. The van der Waals surface area contributed by atoms with E-state index in [0.29, 0.717) is 17.5 Å². The van der Waals surface area contributed by atoms with Crippen molar-refractivity contribution >= 4 is 5.78 Å². The van der Waals surface area contributed by atoms with Crippen LogP contribution in [0, 0.1) is 0 Å². The largest absolute Gasteiger partial charge is 0.431 e. The van der Waals surface area contributed by atoms with Crippen molar-refractivity contribution in [3.63, 3.8) is 0 Å². The fraction of sp³-hybridized carbons (Fsp3) is 0.571. The summed E-state index contributed by atoms with van der Waals surface area (Å²) in [6.07, 6.45) is -4.15. The quantitative estimate of drug-likeness (QED) is 0.758. The Morgan fingerprint density at radius 2 is 1.90 bits per heavy atom. The lowest BCUT2D eigenvalue weighted by Crippen LogP contribution is -2.32. The number of ketones is 1. The molecule has 1 aromatic heterocycles. The minimum absolute atomic E-state index is 0.0727. The highest BCUT2D eigenvalue weighted by atomic mass is 19.4. The van der Waals surface area contributed by atoms with E-state index in [-0.39, 0.29) is 18.5 Å². The van der Waals surface area contributed by atoms with Crippen LogP contribution in [0.5, 0.6) is 0 Å². The normalized spacial score (nSPS) is 12.0. The molecule has 0 unspecified atom stereocenters. The second-order valence-electron chi connectivity index (χ2n) is 5.02. The van der Waals surface area contributed by atoms with E-state index < -0.39 is 23.2 Å². The van der Waals surface area contributed by atoms with Crippen molar-refractivity contribution < 1.29 is 18.0 Å². The lowest BCUT2D eigenvalue weighted by atomic mass is 10.1. The van der Waals surface area contributed by atoms with E-state index in [2.05, 4.69) is 0 Å². The van der Waals surface area contributed by atoms with E-state index in [4.69, 9.17) is 0 Å². The van der Waals surface area contributed by atoms with E-state index in [1.807, 2.05) is 4.90 Å². The van der Waals surface area contributed by atoms with Crippen LogP contribution in [-0.4, -0.2) is 35.9 Å². The minimum Gasteiger partial charge on any atom is -0.309 e. The first-order valence-electron chi connectivity index (χ1n) is 6.67. The maximum Gasteiger partial charge on any atom is 0.431 e. The number of carbonyl (C=O) groups excluding carboxylic acids is 1. The topological polar surface area (TPSA) is 42.3 Å². The van der Waals surface area contributed by atoms with Crippen LogP contribution in [0.15, 0.2) is 16.9 Å². The first kappa shape index (κ1) is 17.4. The van der Waals surface area contributed by atoms with E-state index >= 15 is 0 Å². The van der Waals surface area contributed by atoms with Crippen LogP contribution in [0.1, 0.15) is 35.8 Å². The van der Waals surface area contributed by atoms with Gasteiger partial charge in [0.1, 0.15) is 5.69 Å². The Morgan fingerprint density at radius 1 is 1.29 bits per heavy atom. The van der Waals surface area contributed by atoms with Gasteiger partial charge in [0.05, 0.1) is 5.56 Å². The molecule has 0 saturated carbocycles. The molecule has 1 aromatic rings. The van der Waals surface area contributed by atoms with E-state index in [1.165, 1.54) is 0 Å². The lowest BCUT2D eigenvalue weighted by Gasteiger charge is -2.17. The van der Waals surface area contributed by atoms with Crippen molar-refractivity contribution in [2.45, 2.75) is 32.5 Å². The summed E-state index contributed by atoms with van der Waals surface area (Å²) in [6, 6.07) is 1.78. The fourth-order valence-electron chi connectivity index (χ4n) is 2.00. The number of pyridine rings is 1. The Kier molecular flexibility index (Phi) is 5.71. The van der Waals surface area contributed by atoms with Gasteiger partial charge in [-0.1, -0.05) is 6.92 Å². The molecule has 0 fully saturated rings. The van der Waals surface area contributed by atoms with Gasteiger partial charge in [-0.05, 0) is 39.2 Å². The monoisotopic (exact) mass is 304 g/mol. The molecule has 0 spiro atoms. The van der Waals surface area contributed by atoms with Crippen molar-refractivity contribution in [3.8, 4) is 0 Å². The van der Waals surface area contributed by atoms with E-state index in [1.54, 1.807) is 21.0 Å². The first-order valence-corrected chi connectivity index (χ1v) is 6.67. The third-order valence-electron chi connectivity index (χ3n) is 3.07. The molecule has 0 atom stereocenters. The zero-order valence-corrected chi connectivity index (χ0v) is 12.3. The van der Waals surface area contributed by atoms with Crippen LogP contribution in [0.25, 0.3) is 0 Å². The predicted molar refractivity (Wildman–Crippen MR) is 73.5 cm³/mol. The number of hydrogen-bond donors (Lipinski definition) is 0. The second kappa shape index (κ2) is 6.89. The molecule has 0 aliphatic rings. The first-order chi connectivity index (χ1) is 9.68. The number of nitrogens with zero attached hydrogens (tertiary/aromatic N) is 2. The molecule has 7 heteroatoms. The Labute approximate surface area is 121 Å². The van der Waals surface area contributed by atoms with E-state index in [0.717, 1.165) is 12.1 Å². The number of rotatable bonds is 6. The van der Waals surface area contributed by atoms with Gasteiger partial charge in [-0.2, -0.15) is 13.2 Å². The Hall–Kier alpha value is -1.63. The van der Waals surface area contributed by atoms with Crippen LogP contribution < -0.4 is 5.56 Å². The molecule has 0 radical (unpaired) electrons. The highest BCUT2D eigenvalue weighted by Crippen LogP contribution is 2.28. The maximum absolute atomic E-state index is 13.0. The molecule has 0 bridgehead atoms. The molecule has 0 amide bonds. The van der Waals surface area contributed by atoms with Crippen molar-refractivity contribution in [1.82, 2.24) is 9.47 Å². The predicted octanol–water partition coefficient (Wildman–Crippen LogP) is 2.41. The van der Waals surface area contributed by atoms with E-state index in [9.17, 15) is 22.8 Å². The minimum atomic E-state index is -4.62. The number of Topliss-reactive ketones (excluding diaryl/α,β-unsaturated/α-hetero) is 1. The average molecular weight is 304 g/mol. The third-order valence-corrected chi connectivity index (χ3v) is 3.07. The van der Waals surface area contributed by atoms with Crippen LogP contribution in [0.2, 0.25) is 0 Å². The SMILES string of the molecule is CCC(=O)c1ccc(C(F)(F)F)n(CCCN(C)C)c1=O. The maximum atomic E-state index is 13.0. The fourth-order valence-corrected chi connectivity index (χ4v) is 2.00. The van der Waals surface area contributed by atoms with Crippen molar-refractivity contribution in [2.75, 3.05) is 20.6 Å².